The van der Waals surface area contributed by atoms with Crippen LogP contribution in [0.1, 0.15) is 53.9 Å². The zero-order chi connectivity index (χ0) is 15.8. The minimum atomic E-state index is -0.739. The van der Waals surface area contributed by atoms with Gasteiger partial charge in [0.15, 0.2) is 0 Å². The van der Waals surface area contributed by atoms with E-state index in [2.05, 4.69) is 17.4 Å². The number of carbonyl (C=O) groups excluding carboxylic acids is 1. The van der Waals surface area contributed by atoms with Crippen molar-refractivity contribution in [3.63, 3.8) is 0 Å². The monoisotopic (exact) mass is 316 g/mol. The molecule has 23 heavy (non-hydrogen) atoms. The number of rotatable bonds is 5. The van der Waals surface area contributed by atoms with Gasteiger partial charge in [0.2, 0.25) is 0 Å². The summed E-state index contributed by atoms with van der Waals surface area (Å²) < 4.78 is 13.2. The first-order valence-electron chi connectivity index (χ1n) is 8.97. The van der Waals surface area contributed by atoms with E-state index in [1.54, 1.807) is 4.90 Å². The lowest BCUT2D eigenvalue weighted by molar-refractivity contribution is 0.0667. The molecule has 1 amide bonds. The Morgan fingerprint density at radius 3 is 2.48 bits per heavy atom. The van der Waals surface area contributed by atoms with Gasteiger partial charge >= 0.3 is 0 Å². The van der Waals surface area contributed by atoms with Gasteiger partial charge in [-0.1, -0.05) is 12.1 Å². The van der Waals surface area contributed by atoms with Gasteiger partial charge in [-0.15, -0.1) is 0 Å². The smallest absolute Gasteiger partial charge is 0.253 e. The zero-order valence-electron chi connectivity index (χ0n) is 13.5. The summed E-state index contributed by atoms with van der Waals surface area (Å²) in [5.74, 6) is 1.58. The van der Waals surface area contributed by atoms with E-state index >= 15 is 0 Å². The lowest BCUT2D eigenvalue weighted by atomic mass is 10.0. The number of piperidine rings is 1. The zero-order valence-corrected chi connectivity index (χ0v) is 13.5. The second-order valence-corrected chi connectivity index (χ2v) is 7.39. The van der Waals surface area contributed by atoms with Crippen molar-refractivity contribution >= 4 is 5.91 Å². The van der Waals surface area contributed by atoms with Crippen LogP contribution < -0.4 is 5.32 Å². The first-order chi connectivity index (χ1) is 11.2. The van der Waals surface area contributed by atoms with E-state index in [-0.39, 0.29) is 5.91 Å². The Kier molecular flexibility index (Phi) is 4.10. The molecule has 0 unspecified atom stereocenters. The summed E-state index contributed by atoms with van der Waals surface area (Å²) in [6.07, 6.45) is 4.20. The van der Waals surface area contributed by atoms with Crippen LogP contribution in [0.3, 0.4) is 0 Å². The van der Waals surface area contributed by atoms with E-state index in [0.717, 1.165) is 11.5 Å². The van der Waals surface area contributed by atoms with Gasteiger partial charge in [-0.2, -0.15) is 0 Å². The first kappa shape index (κ1) is 15.1. The molecule has 4 heteroatoms. The standard InChI is InChI=1S/C19H25FN2O/c20-16-7-9-22(10-8-16)19(23)15-5-3-14(4-6-15)17-11-18(17)21-12-13-1-2-13/h3-6,13,16-18,21H,1-2,7-12H2/t17-,18+/m0/s1. The Labute approximate surface area is 137 Å². The molecule has 1 N–H and O–H groups in total. The van der Waals surface area contributed by atoms with Crippen molar-refractivity contribution in [2.75, 3.05) is 19.6 Å². The van der Waals surface area contributed by atoms with Gasteiger partial charge in [-0.3, -0.25) is 4.79 Å². The largest absolute Gasteiger partial charge is 0.338 e. The van der Waals surface area contributed by atoms with E-state index in [4.69, 9.17) is 0 Å². The van der Waals surface area contributed by atoms with Gasteiger partial charge in [0.05, 0.1) is 0 Å². The summed E-state index contributed by atoms with van der Waals surface area (Å²) in [7, 11) is 0. The fourth-order valence-electron chi connectivity index (χ4n) is 3.54. The minimum absolute atomic E-state index is 0.0441. The van der Waals surface area contributed by atoms with Gasteiger partial charge in [0, 0.05) is 30.6 Å². The predicted octanol–water partition coefficient (Wildman–Crippen LogP) is 3.12. The molecular weight excluding hydrogens is 291 g/mol. The van der Waals surface area contributed by atoms with Crippen LogP contribution in [0.2, 0.25) is 0 Å². The molecule has 124 valence electrons. The Morgan fingerprint density at radius 1 is 1.13 bits per heavy atom. The van der Waals surface area contributed by atoms with Crippen molar-refractivity contribution in [3.8, 4) is 0 Å². The maximum Gasteiger partial charge on any atom is 0.253 e. The molecule has 0 bridgehead atoms. The van der Waals surface area contributed by atoms with Crippen molar-refractivity contribution in [2.24, 2.45) is 5.92 Å². The van der Waals surface area contributed by atoms with Crippen molar-refractivity contribution in [1.82, 2.24) is 10.2 Å². The van der Waals surface area contributed by atoms with Crippen LogP contribution in [0.25, 0.3) is 0 Å². The normalized spacial score (nSPS) is 28.0. The van der Waals surface area contributed by atoms with E-state index in [1.165, 1.54) is 31.4 Å². The number of nitrogens with one attached hydrogen (secondary N) is 1. The number of halogens is 1. The predicted molar refractivity (Wildman–Crippen MR) is 88.3 cm³/mol. The van der Waals surface area contributed by atoms with Crippen LogP contribution in [-0.2, 0) is 0 Å². The first-order valence-corrected chi connectivity index (χ1v) is 8.97. The summed E-state index contributed by atoms with van der Waals surface area (Å²) in [5, 5.41) is 3.65. The number of hydrogen-bond donors (Lipinski definition) is 1. The second kappa shape index (κ2) is 6.23. The molecule has 1 aromatic rings. The maximum absolute atomic E-state index is 13.2. The van der Waals surface area contributed by atoms with E-state index in [0.29, 0.717) is 37.9 Å². The summed E-state index contributed by atoms with van der Waals surface area (Å²) >= 11 is 0. The molecule has 4 rings (SSSR count). The average molecular weight is 316 g/mol. The molecule has 1 heterocycles. The van der Waals surface area contributed by atoms with Crippen molar-refractivity contribution in [1.29, 1.82) is 0 Å². The van der Waals surface area contributed by atoms with Crippen molar-refractivity contribution in [3.05, 3.63) is 35.4 Å². The maximum atomic E-state index is 13.2. The van der Waals surface area contributed by atoms with E-state index in [1.807, 2.05) is 12.1 Å². The van der Waals surface area contributed by atoms with Crippen LogP contribution in [-0.4, -0.2) is 42.7 Å². The van der Waals surface area contributed by atoms with Gasteiger partial charge in [0.25, 0.3) is 5.91 Å². The molecule has 3 fully saturated rings. The molecule has 2 atom stereocenters. The van der Waals surface area contributed by atoms with Gasteiger partial charge in [0.1, 0.15) is 6.17 Å². The number of amides is 1. The van der Waals surface area contributed by atoms with Crippen LogP contribution in [0.4, 0.5) is 4.39 Å². The average Bonchev–Trinajstić information content (AvgIpc) is 3.47. The van der Waals surface area contributed by atoms with Crippen molar-refractivity contribution < 1.29 is 9.18 Å². The van der Waals surface area contributed by atoms with Crippen LogP contribution in [0.5, 0.6) is 0 Å². The molecule has 3 nitrogen and oxygen atoms in total. The third kappa shape index (κ3) is 3.57. The Bertz CT molecular complexity index is 561. The Balaban J connectivity index is 1.32. The number of likely N-dealkylation sites (tertiary alicyclic amines) is 1. The molecule has 0 aromatic heterocycles. The Hall–Kier alpha value is -1.42. The number of hydrogen-bond acceptors (Lipinski definition) is 2. The molecule has 2 aliphatic carbocycles. The molecule has 2 saturated carbocycles. The van der Waals surface area contributed by atoms with Crippen LogP contribution in [0, 0.1) is 5.92 Å². The van der Waals surface area contributed by atoms with Crippen LogP contribution >= 0.6 is 0 Å². The topological polar surface area (TPSA) is 32.3 Å². The highest BCUT2D eigenvalue weighted by atomic mass is 19.1. The SMILES string of the molecule is O=C(c1ccc([C@@H]2C[C@H]2NCC2CC2)cc1)N1CCC(F)CC1. The summed E-state index contributed by atoms with van der Waals surface area (Å²) in [6.45, 7) is 2.25. The summed E-state index contributed by atoms with van der Waals surface area (Å²) in [5.41, 5.74) is 2.06. The molecule has 3 aliphatic rings. The fourth-order valence-corrected chi connectivity index (χ4v) is 3.54. The molecule has 1 aromatic carbocycles. The van der Waals surface area contributed by atoms with E-state index < -0.39 is 6.17 Å². The second-order valence-electron chi connectivity index (χ2n) is 7.39. The lowest BCUT2D eigenvalue weighted by Crippen LogP contribution is -2.39. The molecule has 1 saturated heterocycles. The summed E-state index contributed by atoms with van der Waals surface area (Å²) in [6, 6.07) is 8.70. The summed E-state index contributed by atoms with van der Waals surface area (Å²) in [4.78, 5) is 14.2. The third-order valence-corrected chi connectivity index (χ3v) is 5.45. The number of alkyl halides is 1. The molecule has 0 radical (unpaired) electrons. The number of benzene rings is 1. The molecular formula is C19H25FN2O. The fraction of sp³-hybridized carbons (Fsp3) is 0.632. The van der Waals surface area contributed by atoms with Gasteiger partial charge in [-0.05, 0) is 62.3 Å². The van der Waals surface area contributed by atoms with Crippen LogP contribution in [0.15, 0.2) is 24.3 Å². The van der Waals surface area contributed by atoms with Crippen molar-refractivity contribution in [2.45, 2.75) is 50.2 Å². The van der Waals surface area contributed by atoms with E-state index in [9.17, 15) is 9.18 Å². The highest BCUT2D eigenvalue weighted by molar-refractivity contribution is 5.94. The Morgan fingerprint density at radius 2 is 1.83 bits per heavy atom. The number of nitrogens with zero attached hydrogens (tertiary/aromatic N) is 1. The van der Waals surface area contributed by atoms with Gasteiger partial charge in [-0.25, -0.2) is 4.39 Å². The third-order valence-electron chi connectivity index (χ3n) is 5.45. The number of carbonyl (C=O) groups is 1. The highest BCUT2D eigenvalue weighted by Gasteiger charge is 2.39. The highest BCUT2D eigenvalue weighted by Crippen LogP contribution is 2.41. The molecule has 0 spiro atoms. The lowest BCUT2D eigenvalue weighted by Gasteiger charge is -2.28. The quantitative estimate of drug-likeness (QED) is 0.905. The molecule has 1 aliphatic heterocycles. The van der Waals surface area contributed by atoms with Gasteiger partial charge < -0.3 is 10.2 Å². The minimum Gasteiger partial charge on any atom is -0.338 e.